The van der Waals surface area contributed by atoms with Crippen LogP contribution < -0.4 is 15.4 Å². The van der Waals surface area contributed by atoms with E-state index in [0.717, 1.165) is 36.3 Å². The first-order chi connectivity index (χ1) is 7.79. The molecule has 0 radical (unpaired) electrons. The molecule has 0 bridgehead atoms. The number of rotatable bonds is 3. The fourth-order valence-corrected chi connectivity index (χ4v) is 2.57. The van der Waals surface area contributed by atoms with Crippen LogP contribution in [0.3, 0.4) is 0 Å². The number of benzene rings is 1. The van der Waals surface area contributed by atoms with Crippen LogP contribution in [0.25, 0.3) is 0 Å². The van der Waals surface area contributed by atoms with Crippen molar-refractivity contribution in [3.05, 3.63) is 28.2 Å². The zero-order valence-electron chi connectivity index (χ0n) is 9.42. The molecule has 1 aromatic rings. The smallest absolute Gasteiger partial charge is 0.133 e. The normalized spacial score (nSPS) is 20.8. The quantitative estimate of drug-likeness (QED) is 0.884. The van der Waals surface area contributed by atoms with E-state index in [9.17, 15) is 0 Å². The molecule has 3 nitrogen and oxygen atoms in total. The largest absolute Gasteiger partial charge is 0.496 e. The molecule has 1 atom stereocenters. The Hall–Kier alpha value is -0.580. The Morgan fingerprint density at radius 1 is 1.44 bits per heavy atom. The third-order valence-electron chi connectivity index (χ3n) is 2.82. The highest BCUT2D eigenvalue weighted by Gasteiger charge is 2.13. The van der Waals surface area contributed by atoms with Gasteiger partial charge in [0.15, 0.2) is 0 Å². The van der Waals surface area contributed by atoms with E-state index in [1.165, 1.54) is 5.56 Å². The van der Waals surface area contributed by atoms with Gasteiger partial charge >= 0.3 is 0 Å². The summed E-state index contributed by atoms with van der Waals surface area (Å²) in [6.07, 6.45) is 1.05. The molecular formula is C12H17BrN2O. The van der Waals surface area contributed by atoms with Crippen molar-refractivity contribution in [3.8, 4) is 5.75 Å². The van der Waals surface area contributed by atoms with Gasteiger partial charge in [-0.25, -0.2) is 0 Å². The molecule has 4 heteroatoms. The van der Waals surface area contributed by atoms with Crippen LogP contribution in [0.1, 0.15) is 5.56 Å². The summed E-state index contributed by atoms with van der Waals surface area (Å²) in [5.41, 5.74) is 1.33. The number of piperazine rings is 1. The topological polar surface area (TPSA) is 33.3 Å². The van der Waals surface area contributed by atoms with Gasteiger partial charge in [-0.2, -0.15) is 0 Å². The molecule has 0 amide bonds. The molecule has 1 aromatic carbocycles. The summed E-state index contributed by atoms with van der Waals surface area (Å²) in [7, 11) is 1.69. The molecule has 0 aliphatic carbocycles. The summed E-state index contributed by atoms with van der Waals surface area (Å²) in [4.78, 5) is 0. The number of hydrogen-bond donors (Lipinski definition) is 2. The molecule has 0 spiro atoms. The van der Waals surface area contributed by atoms with Gasteiger partial charge < -0.3 is 15.4 Å². The second-order valence-corrected chi connectivity index (χ2v) is 4.88. The fraction of sp³-hybridized carbons (Fsp3) is 0.500. The first-order valence-electron chi connectivity index (χ1n) is 5.56. The van der Waals surface area contributed by atoms with E-state index in [1.54, 1.807) is 7.11 Å². The molecule has 0 aromatic heterocycles. The first kappa shape index (κ1) is 11.9. The molecule has 16 heavy (non-hydrogen) atoms. The Labute approximate surface area is 105 Å². The molecule has 1 aliphatic heterocycles. The van der Waals surface area contributed by atoms with Gasteiger partial charge in [-0.15, -0.1) is 0 Å². The monoisotopic (exact) mass is 284 g/mol. The van der Waals surface area contributed by atoms with Gasteiger partial charge in [0.25, 0.3) is 0 Å². The lowest BCUT2D eigenvalue weighted by Gasteiger charge is -2.24. The predicted molar refractivity (Wildman–Crippen MR) is 69.1 cm³/mol. The molecule has 1 heterocycles. The van der Waals surface area contributed by atoms with E-state index in [-0.39, 0.29) is 0 Å². The highest BCUT2D eigenvalue weighted by Crippen LogP contribution is 2.25. The highest BCUT2D eigenvalue weighted by molar-refractivity contribution is 9.10. The van der Waals surface area contributed by atoms with E-state index in [1.807, 2.05) is 6.07 Å². The number of nitrogens with one attached hydrogen (secondary N) is 2. The van der Waals surface area contributed by atoms with Gasteiger partial charge in [-0.05, 0) is 40.0 Å². The maximum atomic E-state index is 5.22. The summed E-state index contributed by atoms with van der Waals surface area (Å²) >= 11 is 3.51. The van der Waals surface area contributed by atoms with Gasteiger partial charge in [-0.1, -0.05) is 6.07 Å². The van der Waals surface area contributed by atoms with E-state index in [2.05, 4.69) is 38.7 Å². The number of hydrogen-bond acceptors (Lipinski definition) is 3. The van der Waals surface area contributed by atoms with Crippen LogP contribution >= 0.6 is 15.9 Å². The van der Waals surface area contributed by atoms with E-state index < -0.39 is 0 Å². The van der Waals surface area contributed by atoms with Gasteiger partial charge in [-0.3, -0.25) is 0 Å². The van der Waals surface area contributed by atoms with Crippen molar-refractivity contribution >= 4 is 15.9 Å². The minimum absolute atomic E-state index is 0.536. The Morgan fingerprint density at radius 2 is 2.31 bits per heavy atom. The second-order valence-electron chi connectivity index (χ2n) is 4.03. The predicted octanol–water partition coefficient (Wildman–Crippen LogP) is 1.56. The number of methoxy groups -OCH3 is 1. The van der Waals surface area contributed by atoms with Crippen LogP contribution in [0.15, 0.2) is 22.7 Å². The minimum Gasteiger partial charge on any atom is -0.496 e. The zero-order valence-corrected chi connectivity index (χ0v) is 11.0. The molecule has 88 valence electrons. The van der Waals surface area contributed by atoms with Crippen molar-refractivity contribution in [2.75, 3.05) is 26.7 Å². The average Bonchev–Trinajstić information content (AvgIpc) is 2.31. The molecule has 1 aliphatic rings. The molecule has 1 saturated heterocycles. The third kappa shape index (κ3) is 2.97. The van der Waals surface area contributed by atoms with Gasteiger partial charge in [0.2, 0.25) is 0 Å². The van der Waals surface area contributed by atoms with Gasteiger partial charge in [0.1, 0.15) is 5.75 Å². The Balaban J connectivity index is 2.01. The SMILES string of the molecule is COc1ccc(CC2CNCCN2)cc1Br. The average molecular weight is 285 g/mol. The van der Waals surface area contributed by atoms with E-state index >= 15 is 0 Å². The van der Waals surface area contributed by atoms with Crippen molar-refractivity contribution in [3.63, 3.8) is 0 Å². The Morgan fingerprint density at radius 3 is 2.94 bits per heavy atom. The Bertz CT molecular complexity index is 351. The van der Waals surface area contributed by atoms with E-state index in [0.29, 0.717) is 6.04 Å². The van der Waals surface area contributed by atoms with Crippen LogP contribution in [0.2, 0.25) is 0 Å². The summed E-state index contributed by atoms with van der Waals surface area (Å²) in [6, 6.07) is 6.80. The second kappa shape index (κ2) is 5.66. The van der Waals surface area contributed by atoms with Crippen molar-refractivity contribution < 1.29 is 4.74 Å². The summed E-state index contributed by atoms with van der Waals surface area (Å²) in [5.74, 6) is 0.887. The standard InChI is InChI=1S/C12H17BrN2O/c1-16-12-3-2-9(7-11(12)13)6-10-8-14-4-5-15-10/h2-3,7,10,14-15H,4-6,8H2,1H3. The molecule has 1 unspecified atom stereocenters. The minimum atomic E-state index is 0.536. The molecule has 0 saturated carbocycles. The van der Waals surface area contributed by atoms with Gasteiger partial charge in [0.05, 0.1) is 11.6 Å². The van der Waals surface area contributed by atoms with Crippen LogP contribution in [0.5, 0.6) is 5.75 Å². The van der Waals surface area contributed by atoms with E-state index in [4.69, 9.17) is 4.74 Å². The molecular weight excluding hydrogens is 268 g/mol. The molecule has 2 N–H and O–H groups in total. The summed E-state index contributed by atoms with van der Waals surface area (Å²) in [5, 5.41) is 6.90. The summed E-state index contributed by atoms with van der Waals surface area (Å²) in [6.45, 7) is 3.18. The summed E-state index contributed by atoms with van der Waals surface area (Å²) < 4.78 is 6.24. The number of halogens is 1. The zero-order chi connectivity index (χ0) is 11.4. The lowest BCUT2D eigenvalue weighted by molar-refractivity contribution is 0.409. The van der Waals surface area contributed by atoms with Crippen molar-refractivity contribution in [2.24, 2.45) is 0 Å². The first-order valence-corrected chi connectivity index (χ1v) is 6.35. The molecule has 2 rings (SSSR count). The maximum absolute atomic E-state index is 5.22. The molecule has 1 fully saturated rings. The van der Waals surface area contributed by atoms with Crippen LogP contribution in [-0.2, 0) is 6.42 Å². The number of ether oxygens (including phenoxy) is 1. The van der Waals surface area contributed by atoms with Crippen LogP contribution in [-0.4, -0.2) is 32.8 Å². The maximum Gasteiger partial charge on any atom is 0.133 e. The van der Waals surface area contributed by atoms with Crippen molar-refractivity contribution in [1.82, 2.24) is 10.6 Å². The van der Waals surface area contributed by atoms with Crippen molar-refractivity contribution in [1.29, 1.82) is 0 Å². The highest BCUT2D eigenvalue weighted by atomic mass is 79.9. The van der Waals surface area contributed by atoms with Gasteiger partial charge in [0, 0.05) is 25.7 Å². The third-order valence-corrected chi connectivity index (χ3v) is 3.44. The fourth-order valence-electron chi connectivity index (χ4n) is 1.98. The van der Waals surface area contributed by atoms with Crippen LogP contribution in [0, 0.1) is 0 Å². The Kier molecular flexibility index (Phi) is 4.21. The lowest BCUT2D eigenvalue weighted by Crippen LogP contribution is -2.49. The van der Waals surface area contributed by atoms with Crippen molar-refractivity contribution in [2.45, 2.75) is 12.5 Å². The lowest BCUT2D eigenvalue weighted by atomic mass is 10.0. The van der Waals surface area contributed by atoms with Crippen LogP contribution in [0.4, 0.5) is 0 Å².